The molecule has 0 saturated heterocycles. The molecule has 0 atom stereocenters. The predicted molar refractivity (Wildman–Crippen MR) is 42.5 cm³/mol. The summed E-state index contributed by atoms with van der Waals surface area (Å²) in [4.78, 5) is 0. The molecular formula is C6H15NO2S. The molecule has 62 valence electrons. The molecule has 0 aromatic heterocycles. The Balaban J connectivity index is 3.73. The van der Waals surface area contributed by atoms with Gasteiger partial charge in [-0.3, -0.25) is 0 Å². The first-order valence-corrected chi connectivity index (χ1v) is 4.74. The fourth-order valence-electron chi connectivity index (χ4n) is 0.791. The van der Waals surface area contributed by atoms with Crippen molar-refractivity contribution in [1.29, 1.82) is 0 Å². The molecule has 0 N–H and O–H groups in total. The van der Waals surface area contributed by atoms with Crippen molar-refractivity contribution >= 4 is 10.9 Å². The minimum Gasteiger partial charge on any atom is -0.215 e. The van der Waals surface area contributed by atoms with Gasteiger partial charge in [-0.05, 0) is 12.8 Å². The quantitative estimate of drug-likeness (QED) is 0.607. The fraction of sp³-hybridized carbons (Fsp3) is 1.00. The molecule has 3 nitrogen and oxygen atoms in total. The van der Waals surface area contributed by atoms with E-state index in [1.807, 2.05) is 13.8 Å². The third-order valence-corrected chi connectivity index (χ3v) is 2.06. The second kappa shape index (κ2) is 5.68. The van der Waals surface area contributed by atoms with Gasteiger partial charge in [0.2, 0.25) is 10.9 Å². The topological polar surface area (TPSA) is 37.4 Å². The Morgan fingerprint density at radius 3 is 1.70 bits per heavy atom. The number of rotatable bonds is 5. The summed E-state index contributed by atoms with van der Waals surface area (Å²) in [5, 5.41) is 0. The van der Waals surface area contributed by atoms with Gasteiger partial charge in [0.15, 0.2) is 0 Å². The smallest absolute Gasteiger partial charge is 0.203 e. The average molecular weight is 165 g/mol. The van der Waals surface area contributed by atoms with E-state index >= 15 is 0 Å². The van der Waals surface area contributed by atoms with E-state index in [2.05, 4.69) is 0 Å². The molecule has 0 saturated carbocycles. The molecular weight excluding hydrogens is 150 g/mol. The van der Waals surface area contributed by atoms with E-state index in [1.54, 1.807) is 0 Å². The third kappa shape index (κ3) is 3.85. The molecule has 0 rings (SSSR count). The highest BCUT2D eigenvalue weighted by Crippen LogP contribution is 1.92. The molecule has 0 aliphatic rings. The van der Waals surface area contributed by atoms with Crippen molar-refractivity contribution < 1.29 is 8.42 Å². The van der Waals surface area contributed by atoms with E-state index < -0.39 is 10.9 Å². The molecule has 0 heterocycles. The molecule has 0 spiro atoms. The van der Waals surface area contributed by atoms with Gasteiger partial charge in [-0.2, -0.15) is 0 Å². The van der Waals surface area contributed by atoms with E-state index in [0.717, 1.165) is 12.8 Å². The van der Waals surface area contributed by atoms with Gasteiger partial charge in [-0.15, -0.1) is 0 Å². The molecule has 0 aromatic rings. The Bertz CT molecular complexity index is 131. The first-order chi connectivity index (χ1) is 4.72. The van der Waals surface area contributed by atoms with Crippen molar-refractivity contribution in [2.75, 3.05) is 13.1 Å². The third-order valence-electron chi connectivity index (χ3n) is 1.19. The minimum atomic E-state index is -2.34. The molecule has 0 aliphatic carbocycles. The first-order valence-electron chi connectivity index (χ1n) is 3.61. The van der Waals surface area contributed by atoms with Crippen LogP contribution in [0.1, 0.15) is 26.7 Å². The van der Waals surface area contributed by atoms with E-state index in [9.17, 15) is 8.42 Å². The maximum Gasteiger partial charge on any atom is 0.203 e. The second-order valence-electron chi connectivity index (χ2n) is 2.19. The van der Waals surface area contributed by atoms with Crippen LogP contribution in [0.2, 0.25) is 0 Å². The molecule has 0 unspecified atom stereocenters. The highest BCUT2D eigenvalue weighted by molar-refractivity contribution is 7.69. The molecule has 0 aliphatic heterocycles. The van der Waals surface area contributed by atoms with Crippen molar-refractivity contribution in [1.82, 2.24) is 4.31 Å². The Kier molecular flexibility index (Phi) is 5.63. The molecule has 0 fully saturated rings. The lowest BCUT2D eigenvalue weighted by molar-refractivity contribution is 0.424. The fourth-order valence-corrected chi connectivity index (χ4v) is 1.52. The van der Waals surface area contributed by atoms with Gasteiger partial charge in [0, 0.05) is 13.1 Å². The van der Waals surface area contributed by atoms with Crippen LogP contribution in [0.3, 0.4) is 0 Å². The van der Waals surface area contributed by atoms with Gasteiger partial charge in [0.1, 0.15) is 0 Å². The van der Waals surface area contributed by atoms with Crippen LogP contribution < -0.4 is 0 Å². The summed E-state index contributed by atoms with van der Waals surface area (Å²) in [6, 6.07) is 0. The first kappa shape index (κ1) is 9.91. The highest BCUT2D eigenvalue weighted by Gasteiger charge is 2.01. The summed E-state index contributed by atoms with van der Waals surface area (Å²) < 4.78 is 22.4. The lowest BCUT2D eigenvalue weighted by atomic mass is 10.4. The van der Waals surface area contributed by atoms with Crippen molar-refractivity contribution in [3.05, 3.63) is 0 Å². The van der Waals surface area contributed by atoms with Crippen LogP contribution in [0.4, 0.5) is 0 Å². The van der Waals surface area contributed by atoms with Gasteiger partial charge in [0.25, 0.3) is 0 Å². The average Bonchev–Trinajstić information content (AvgIpc) is 1.87. The maximum absolute atomic E-state index is 10.4. The summed E-state index contributed by atoms with van der Waals surface area (Å²) in [7, 11) is -2.34. The second-order valence-corrected chi connectivity index (χ2v) is 3.23. The zero-order valence-electron chi connectivity index (χ0n) is 6.54. The van der Waals surface area contributed by atoms with Gasteiger partial charge in [-0.25, -0.2) is 12.7 Å². The van der Waals surface area contributed by atoms with Crippen LogP contribution in [0.25, 0.3) is 0 Å². The van der Waals surface area contributed by atoms with Gasteiger partial charge < -0.3 is 0 Å². The number of hydrogen-bond acceptors (Lipinski definition) is 2. The minimum absolute atomic E-state index is 0.659. The summed E-state index contributed by atoms with van der Waals surface area (Å²) >= 11 is 0. The molecule has 0 amide bonds. The Morgan fingerprint density at radius 1 is 1.10 bits per heavy atom. The molecule has 0 aromatic carbocycles. The van der Waals surface area contributed by atoms with E-state index in [1.165, 1.54) is 4.31 Å². The largest absolute Gasteiger partial charge is 0.215 e. The summed E-state index contributed by atoms with van der Waals surface area (Å²) in [6.45, 7) is 5.27. The number of nitrogens with zero attached hydrogens (tertiary/aromatic N) is 1. The summed E-state index contributed by atoms with van der Waals surface area (Å²) in [6.07, 6.45) is 1.78. The van der Waals surface area contributed by atoms with E-state index in [0.29, 0.717) is 13.1 Å². The van der Waals surface area contributed by atoms with Crippen molar-refractivity contribution in [3.63, 3.8) is 0 Å². The SMILES string of the molecule is CCCN(CCC)[SH](=O)=O. The van der Waals surface area contributed by atoms with Crippen LogP contribution in [0.5, 0.6) is 0 Å². The number of thiol groups is 1. The standard InChI is InChI=1S/C6H15NO2S/c1-3-5-7(6-4-2)10(8)9/h10H,3-6H2,1-2H3. The Labute approximate surface area is 64.1 Å². The van der Waals surface area contributed by atoms with Crippen LogP contribution in [-0.4, -0.2) is 25.8 Å². The van der Waals surface area contributed by atoms with Crippen molar-refractivity contribution in [3.8, 4) is 0 Å². The molecule has 0 radical (unpaired) electrons. The van der Waals surface area contributed by atoms with Crippen LogP contribution in [0, 0.1) is 0 Å². The lowest BCUT2D eigenvalue weighted by Crippen LogP contribution is -2.23. The van der Waals surface area contributed by atoms with Gasteiger partial charge in [0.05, 0.1) is 0 Å². The van der Waals surface area contributed by atoms with E-state index in [4.69, 9.17) is 0 Å². The van der Waals surface area contributed by atoms with Crippen molar-refractivity contribution in [2.24, 2.45) is 0 Å². The molecule has 4 heteroatoms. The highest BCUT2D eigenvalue weighted by atomic mass is 32.2. The summed E-state index contributed by atoms with van der Waals surface area (Å²) in [5.74, 6) is 0. The molecule has 0 bridgehead atoms. The zero-order valence-corrected chi connectivity index (χ0v) is 7.43. The Hall–Kier alpha value is -0.0900. The Morgan fingerprint density at radius 2 is 1.50 bits per heavy atom. The van der Waals surface area contributed by atoms with Gasteiger partial charge >= 0.3 is 0 Å². The monoisotopic (exact) mass is 165 g/mol. The lowest BCUT2D eigenvalue weighted by Gasteiger charge is -2.11. The van der Waals surface area contributed by atoms with E-state index in [-0.39, 0.29) is 0 Å². The molecule has 10 heavy (non-hydrogen) atoms. The number of hydrogen-bond donors (Lipinski definition) is 1. The zero-order chi connectivity index (χ0) is 7.98. The normalized spacial score (nSPS) is 11.2. The van der Waals surface area contributed by atoms with Crippen LogP contribution in [0.15, 0.2) is 0 Å². The van der Waals surface area contributed by atoms with Gasteiger partial charge in [-0.1, -0.05) is 13.8 Å². The maximum atomic E-state index is 10.4. The van der Waals surface area contributed by atoms with Crippen LogP contribution in [-0.2, 0) is 10.9 Å². The van der Waals surface area contributed by atoms with Crippen molar-refractivity contribution in [2.45, 2.75) is 26.7 Å². The van der Waals surface area contributed by atoms with Crippen LogP contribution >= 0.6 is 0 Å². The summed E-state index contributed by atoms with van der Waals surface area (Å²) in [5.41, 5.74) is 0. The predicted octanol–water partition coefficient (Wildman–Crippen LogP) is 0.635.